The van der Waals surface area contributed by atoms with Gasteiger partial charge < -0.3 is 19.5 Å². The number of amides is 1. The molecule has 1 heterocycles. The van der Waals surface area contributed by atoms with Crippen molar-refractivity contribution >= 4 is 12.1 Å². The zero-order valence-electron chi connectivity index (χ0n) is 14.4. The zero-order valence-corrected chi connectivity index (χ0v) is 14.4. The number of hydrogen-bond donors (Lipinski definition) is 1. The van der Waals surface area contributed by atoms with Gasteiger partial charge in [-0.2, -0.15) is 0 Å². The number of aliphatic hydroxyl groups is 1. The largest absolute Gasteiger partial charge is 0.459 e. The Morgan fingerprint density at radius 2 is 1.96 bits per heavy atom. The van der Waals surface area contributed by atoms with Gasteiger partial charge >= 0.3 is 12.1 Å². The molecule has 1 amide bonds. The number of likely N-dealkylation sites (tertiary alicyclic amines) is 1. The van der Waals surface area contributed by atoms with Crippen molar-refractivity contribution in [1.29, 1.82) is 0 Å². The molecule has 132 valence electrons. The van der Waals surface area contributed by atoms with E-state index in [1.807, 2.05) is 30.3 Å². The second-order valence-corrected chi connectivity index (χ2v) is 6.92. The van der Waals surface area contributed by atoms with Crippen LogP contribution in [0.5, 0.6) is 0 Å². The average molecular weight is 335 g/mol. The predicted molar refractivity (Wildman–Crippen MR) is 88.2 cm³/mol. The minimum atomic E-state index is -1.37. The summed E-state index contributed by atoms with van der Waals surface area (Å²) in [6, 6.07) is 8.63. The van der Waals surface area contributed by atoms with Crippen molar-refractivity contribution in [3.63, 3.8) is 0 Å². The van der Waals surface area contributed by atoms with Crippen LogP contribution in [0.3, 0.4) is 0 Å². The van der Waals surface area contributed by atoms with Gasteiger partial charge in [0, 0.05) is 6.54 Å². The van der Waals surface area contributed by atoms with Gasteiger partial charge in [0.25, 0.3) is 0 Å². The predicted octanol–water partition coefficient (Wildman–Crippen LogP) is 2.49. The molecule has 1 unspecified atom stereocenters. The molecule has 0 aliphatic carbocycles. The summed E-state index contributed by atoms with van der Waals surface area (Å²) >= 11 is 0. The Kier molecular flexibility index (Phi) is 5.83. The number of rotatable bonds is 4. The lowest BCUT2D eigenvalue weighted by Crippen LogP contribution is -2.48. The van der Waals surface area contributed by atoms with Crippen LogP contribution >= 0.6 is 0 Å². The van der Waals surface area contributed by atoms with Crippen LogP contribution in [0.4, 0.5) is 4.79 Å². The Balaban J connectivity index is 1.93. The van der Waals surface area contributed by atoms with E-state index in [0.29, 0.717) is 19.4 Å². The minimum absolute atomic E-state index is 0.0931. The van der Waals surface area contributed by atoms with Crippen LogP contribution in [0.15, 0.2) is 30.3 Å². The number of hydrogen-bond acceptors (Lipinski definition) is 5. The second-order valence-electron chi connectivity index (χ2n) is 6.92. The van der Waals surface area contributed by atoms with Crippen LogP contribution < -0.4 is 0 Å². The molecule has 6 heteroatoms. The van der Waals surface area contributed by atoms with Gasteiger partial charge in [-0.25, -0.2) is 9.59 Å². The van der Waals surface area contributed by atoms with Gasteiger partial charge in [-0.05, 0) is 39.2 Å². The highest BCUT2D eigenvalue weighted by Crippen LogP contribution is 2.24. The van der Waals surface area contributed by atoms with Gasteiger partial charge in [-0.3, -0.25) is 0 Å². The summed E-state index contributed by atoms with van der Waals surface area (Å²) in [5.74, 6) is -0.723. The fourth-order valence-electron chi connectivity index (χ4n) is 2.64. The van der Waals surface area contributed by atoms with Gasteiger partial charge in [0.15, 0.2) is 6.10 Å². The highest BCUT2D eigenvalue weighted by molar-refractivity contribution is 5.77. The zero-order chi connectivity index (χ0) is 17.7. The molecule has 1 aromatic carbocycles. The second kappa shape index (κ2) is 7.66. The Hall–Kier alpha value is -2.08. The first-order valence-corrected chi connectivity index (χ1v) is 8.16. The molecule has 1 saturated heterocycles. The van der Waals surface area contributed by atoms with Crippen LogP contribution in [0, 0.1) is 0 Å². The van der Waals surface area contributed by atoms with Crippen molar-refractivity contribution < 1.29 is 24.2 Å². The summed E-state index contributed by atoms with van der Waals surface area (Å²) in [7, 11) is 0. The normalized spacial score (nSPS) is 19.0. The number of carbonyl (C=O) groups is 2. The number of aliphatic hydroxyl groups excluding tert-OH is 1. The molecule has 1 N–H and O–H groups in total. The van der Waals surface area contributed by atoms with E-state index in [4.69, 9.17) is 9.47 Å². The van der Waals surface area contributed by atoms with Gasteiger partial charge in [-0.15, -0.1) is 0 Å². The number of esters is 1. The third kappa shape index (κ3) is 4.96. The Labute approximate surface area is 142 Å². The quantitative estimate of drug-likeness (QED) is 0.856. The van der Waals surface area contributed by atoms with E-state index in [1.54, 1.807) is 20.8 Å². The van der Waals surface area contributed by atoms with Gasteiger partial charge in [0.05, 0.1) is 6.04 Å². The van der Waals surface area contributed by atoms with Crippen molar-refractivity contribution in [2.75, 3.05) is 6.54 Å². The molecule has 0 spiro atoms. The fraction of sp³-hybridized carbons (Fsp3) is 0.556. The maximum absolute atomic E-state index is 12.2. The van der Waals surface area contributed by atoms with Crippen molar-refractivity contribution in [2.45, 2.75) is 58.0 Å². The van der Waals surface area contributed by atoms with E-state index in [0.717, 1.165) is 5.56 Å². The molecule has 0 aromatic heterocycles. The molecule has 1 aliphatic rings. The minimum Gasteiger partial charge on any atom is -0.459 e. The molecule has 2 atom stereocenters. The van der Waals surface area contributed by atoms with E-state index < -0.39 is 29.8 Å². The Morgan fingerprint density at radius 3 is 2.58 bits per heavy atom. The summed E-state index contributed by atoms with van der Waals surface area (Å²) in [6.45, 7) is 5.89. The molecule has 0 bridgehead atoms. The summed E-state index contributed by atoms with van der Waals surface area (Å²) in [5.41, 5.74) is 0.219. The van der Waals surface area contributed by atoms with Crippen LogP contribution in [-0.2, 0) is 20.9 Å². The Bertz CT molecular complexity index is 567. The summed E-state index contributed by atoms with van der Waals surface area (Å²) < 4.78 is 10.5. The van der Waals surface area contributed by atoms with Gasteiger partial charge in [0.1, 0.15) is 12.2 Å². The number of benzene rings is 1. The van der Waals surface area contributed by atoms with Gasteiger partial charge in [0.2, 0.25) is 0 Å². The topological polar surface area (TPSA) is 76.1 Å². The highest BCUT2D eigenvalue weighted by atomic mass is 16.6. The van der Waals surface area contributed by atoms with Crippen molar-refractivity contribution in [2.24, 2.45) is 0 Å². The van der Waals surface area contributed by atoms with E-state index in [1.165, 1.54) is 4.90 Å². The highest BCUT2D eigenvalue weighted by Gasteiger charge is 2.40. The molecular weight excluding hydrogens is 310 g/mol. The van der Waals surface area contributed by atoms with Crippen LogP contribution in [0.1, 0.15) is 39.2 Å². The monoisotopic (exact) mass is 335 g/mol. The Morgan fingerprint density at radius 1 is 1.29 bits per heavy atom. The fourth-order valence-corrected chi connectivity index (χ4v) is 2.64. The first-order chi connectivity index (χ1) is 11.3. The summed E-state index contributed by atoms with van der Waals surface area (Å²) in [4.78, 5) is 25.7. The SMILES string of the molecule is CC(C)(C)OC(=O)N1CCC[C@H]1C(O)C(=O)OCc1ccccc1. The first-order valence-electron chi connectivity index (χ1n) is 8.16. The third-order valence-corrected chi connectivity index (χ3v) is 3.76. The van der Waals surface area contributed by atoms with Crippen molar-refractivity contribution in [1.82, 2.24) is 4.90 Å². The molecule has 2 rings (SSSR count). The van der Waals surface area contributed by atoms with E-state index >= 15 is 0 Å². The molecule has 1 aliphatic heterocycles. The standard InChI is InChI=1S/C18H25NO5/c1-18(2,3)24-17(22)19-11-7-10-14(19)15(20)16(21)23-12-13-8-5-4-6-9-13/h4-6,8-9,14-15,20H,7,10-12H2,1-3H3/t14-,15?/m0/s1. The van der Waals surface area contributed by atoms with E-state index in [-0.39, 0.29) is 6.61 Å². The molecule has 0 saturated carbocycles. The van der Waals surface area contributed by atoms with Gasteiger partial charge in [-0.1, -0.05) is 30.3 Å². The van der Waals surface area contributed by atoms with Crippen LogP contribution in [0.25, 0.3) is 0 Å². The van der Waals surface area contributed by atoms with Crippen molar-refractivity contribution in [3.8, 4) is 0 Å². The third-order valence-electron chi connectivity index (χ3n) is 3.76. The lowest BCUT2D eigenvalue weighted by atomic mass is 10.1. The average Bonchev–Trinajstić information content (AvgIpc) is 3.01. The number of carbonyl (C=O) groups excluding carboxylic acids is 2. The molecule has 1 fully saturated rings. The molecular formula is C18H25NO5. The first kappa shape index (κ1) is 18.3. The van der Waals surface area contributed by atoms with Crippen LogP contribution in [0.2, 0.25) is 0 Å². The molecule has 0 radical (unpaired) electrons. The smallest absolute Gasteiger partial charge is 0.410 e. The maximum atomic E-state index is 12.2. The van der Waals surface area contributed by atoms with E-state index in [2.05, 4.69) is 0 Å². The lowest BCUT2D eigenvalue weighted by Gasteiger charge is -2.30. The van der Waals surface area contributed by atoms with Crippen LogP contribution in [-0.4, -0.2) is 46.4 Å². The molecule has 1 aromatic rings. The maximum Gasteiger partial charge on any atom is 0.410 e. The molecule has 24 heavy (non-hydrogen) atoms. The lowest BCUT2D eigenvalue weighted by molar-refractivity contribution is -0.157. The summed E-state index contributed by atoms with van der Waals surface area (Å²) in [5, 5.41) is 10.3. The van der Waals surface area contributed by atoms with E-state index in [9.17, 15) is 14.7 Å². The summed E-state index contributed by atoms with van der Waals surface area (Å²) in [6.07, 6.45) is -0.628. The van der Waals surface area contributed by atoms with Crippen molar-refractivity contribution in [3.05, 3.63) is 35.9 Å². The number of nitrogens with zero attached hydrogens (tertiary/aromatic N) is 1. The number of ether oxygens (including phenoxy) is 2. The molecule has 6 nitrogen and oxygen atoms in total.